The number of amides is 2. The molecule has 1 fully saturated rings. The van der Waals surface area contributed by atoms with Gasteiger partial charge in [0.2, 0.25) is 11.8 Å². The number of hydrogen-bond donors (Lipinski definition) is 2. The van der Waals surface area contributed by atoms with Crippen LogP contribution in [0, 0.1) is 17.8 Å². The molecular formula is C31H26BrNO6. The predicted molar refractivity (Wildman–Crippen MR) is 146 cm³/mol. The summed E-state index contributed by atoms with van der Waals surface area (Å²) in [6, 6.07) is 11.7. The average molecular weight is 588 g/mol. The molecule has 2 amide bonds. The summed E-state index contributed by atoms with van der Waals surface area (Å²) in [5.74, 6) is -3.14. The highest BCUT2D eigenvalue weighted by atomic mass is 79.9. The molecule has 8 heteroatoms. The maximum atomic E-state index is 13.8. The van der Waals surface area contributed by atoms with Crippen molar-refractivity contribution in [2.75, 3.05) is 6.54 Å². The Bertz CT molecular complexity index is 1550. The van der Waals surface area contributed by atoms with Gasteiger partial charge in [0.05, 0.1) is 11.8 Å². The second-order valence-corrected chi connectivity index (χ2v) is 11.6. The Hall–Kier alpha value is -3.78. The van der Waals surface area contributed by atoms with Crippen molar-refractivity contribution in [1.82, 2.24) is 4.90 Å². The molecule has 2 aromatic carbocycles. The topological polar surface area (TPSA) is 112 Å². The van der Waals surface area contributed by atoms with Gasteiger partial charge >= 0.3 is 0 Å². The summed E-state index contributed by atoms with van der Waals surface area (Å²) >= 11 is 3.46. The third-order valence-corrected chi connectivity index (χ3v) is 9.01. The third-order valence-electron chi connectivity index (χ3n) is 8.52. The van der Waals surface area contributed by atoms with Gasteiger partial charge in [0.1, 0.15) is 11.5 Å². The maximum Gasteiger partial charge on any atom is 0.233 e. The molecule has 1 aliphatic heterocycles. The van der Waals surface area contributed by atoms with Crippen LogP contribution in [0.4, 0.5) is 0 Å². The van der Waals surface area contributed by atoms with Gasteiger partial charge in [-0.1, -0.05) is 39.7 Å². The van der Waals surface area contributed by atoms with Crippen LogP contribution in [0.5, 0.6) is 11.5 Å². The molecule has 4 aliphatic rings. The van der Waals surface area contributed by atoms with Crippen molar-refractivity contribution in [1.29, 1.82) is 0 Å². The van der Waals surface area contributed by atoms with Crippen molar-refractivity contribution in [3.63, 3.8) is 0 Å². The molecule has 2 aromatic rings. The molecule has 1 heterocycles. The molecule has 39 heavy (non-hydrogen) atoms. The minimum Gasteiger partial charge on any atom is -0.508 e. The molecule has 2 N–H and O–H groups in total. The van der Waals surface area contributed by atoms with Gasteiger partial charge in [-0.15, -0.1) is 0 Å². The predicted octanol–water partition coefficient (Wildman–Crippen LogP) is 4.53. The molecule has 3 aliphatic carbocycles. The minimum absolute atomic E-state index is 0.00414. The Labute approximate surface area is 233 Å². The fourth-order valence-corrected chi connectivity index (χ4v) is 7.04. The van der Waals surface area contributed by atoms with Crippen molar-refractivity contribution in [2.24, 2.45) is 17.8 Å². The normalized spacial score (nSPS) is 26.3. The Kier molecular flexibility index (Phi) is 6.18. The highest BCUT2D eigenvalue weighted by Crippen LogP contribution is 2.56. The van der Waals surface area contributed by atoms with Crippen molar-refractivity contribution in [3.8, 4) is 11.5 Å². The summed E-state index contributed by atoms with van der Waals surface area (Å²) in [4.78, 5) is 55.2. The van der Waals surface area contributed by atoms with Gasteiger partial charge < -0.3 is 10.2 Å². The third kappa shape index (κ3) is 4.09. The smallest absolute Gasteiger partial charge is 0.233 e. The summed E-state index contributed by atoms with van der Waals surface area (Å²) in [7, 11) is 0. The number of carbonyl (C=O) groups excluding carboxylic acids is 4. The molecule has 0 spiro atoms. The van der Waals surface area contributed by atoms with E-state index in [2.05, 4.69) is 15.9 Å². The molecular weight excluding hydrogens is 562 g/mol. The summed E-state index contributed by atoms with van der Waals surface area (Å²) < 4.78 is 0.711. The zero-order chi connectivity index (χ0) is 27.6. The number of aromatic hydroxyl groups is 2. The zero-order valence-corrected chi connectivity index (χ0v) is 22.8. The number of ketones is 2. The van der Waals surface area contributed by atoms with E-state index in [0.29, 0.717) is 39.6 Å². The molecule has 0 bridgehead atoms. The van der Waals surface area contributed by atoms with Crippen LogP contribution in [0.2, 0.25) is 0 Å². The number of phenolic OH excluding ortho intramolecular Hbond substituents is 2. The van der Waals surface area contributed by atoms with Gasteiger partial charge in [-0.2, -0.15) is 0 Å². The Morgan fingerprint density at radius 2 is 1.72 bits per heavy atom. The molecule has 0 aromatic heterocycles. The fourth-order valence-electron chi connectivity index (χ4n) is 6.66. The number of rotatable bonds is 4. The molecule has 1 saturated heterocycles. The largest absolute Gasteiger partial charge is 0.508 e. The maximum absolute atomic E-state index is 13.8. The summed E-state index contributed by atoms with van der Waals surface area (Å²) in [6.07, 6.45) is 4.30. The molecule has 4 atom stereocenters. The lowest BCUT2D eigenvalue weighted by molar-refractivity contribution is -0.140. The van der Waals surface area contributed by atoms with E-state index in [1.165, 1.54) is 11.0 Å². The molecule has 6 rings (SSSR count). The molecule has 4 unspecified atom stereocenters. The Balaban J connectivity index is 1.39. The van der Waals surface area contributed by atoms with E-state index in [4.69, 9.17) is 0 Å². The Morgan fingerprint density at radius 1 is 0.974 bits per heavy atom. The number of fused-ring (bicyclic) bond motifs is 3. The van der Waals surface area contributed by atoms with Crippen LogP contribution in [0.1, 0.15) is 36.8 Å². The number of hydrogen-bond acceptors (Lipinski definition) is 6. The SMILES string of the molecule is CC1=CC(=O)C2=C(C1=O)C(c1cc(Br)ccc1O)C1=CCC3C(=O)N(CCc4ccc(O)cc4)C(=O)C3C1C2. The van der Waals surface area contributed by atoms with Gasteiger partial charge in [0.25, 0.3) is 0 Å². The summed E-state index contributed by atoms with van der Waals surface area (Å²) in [5, 5.41) is 20.4. The number of imide groups is 1. The zero-order valence-electron chi connectivity index (χ0n) is 21.2. The highest BCUT2D eigenvalue weighted by molar-refractivity contribution is 9.10. The van der Waals surface area contributed by atoms with E-state index < -0.39 is 23.7 Å². The fraction of sp³-hybridized carbons (Fsp3) is 0.290. The first kappa shape index (κ1) is 25.5. The Morgan fingerprint density at radius 3 is 2.46 bits per heavy atom. The first-order valence-corrected chi connectivity index (χ1v) is 13.8. The van der Waals surface area contributed by atoms with E-state index in [-0.39, 0.29) is 47.8 Å². The second-order valence-electron chi connectivity index (χ2n) is 10.7. The van der Waals surface area contributed by atoms with Gasteiger partial charge in [-0.25, -0.2) is 0 Å². The molecule has 198 valence electrons. The number of benzene rings is 2. The summed E-state index contributed by atoms with van der Waals surface area (Å²) in [6.45, 7) is 1.84. The molecule has 7 nitrogen and oxygen atoms in total. The lowest BCUT2D eigenvalue weighted by Gasteiger charge is -2.42. The summed E-state index contributed by atoms with van der Waals surface area (Å²) in [5.41, 5.74) is 3.26. The number of halogens is 1. The van der Waals surface area contributed by atoms with Crippen molar-refractivity contribution < 1.29 is 29.4 Å². The van der Waals surface area contributed by atoms with Crippen LogP contribution in [0.25, 0.3) is 0 Å². The first-order chi connectivity index (χ1) is 18.7. The number of carbonyl (C=O) groups is 4. The van der Waals surface area contributed by atoms with Crippen LogP contribution in [0.3, 0.4) is 0 Å². The molecule has 0 radical (unpaired) electrons. The van der Waals surface area contributed by atoms with E-state index in [9.17, 15) is 29.4 Å². The van der Waals surface area contributed by atoms with Crippen LogP contribution in [0.15, 0.2) is 81.4 Å². The van der Waals surface area contributed by atoms with Gasteiger partial charge in [-0.05, 0) is 74.1 Å². The lowest BCUT2D eigenvalue weighted by atomic mass is 9.59. The number of likely N-dealkylation sites (tertiary alicyclic amines) is 1. The second kappa shape index (κ2) is 9.45. The van der Waals surface area contributed by atoms with E-state index in [1.807, 2.05) is 6.08 Å². The molecule has 0 saturated carbocycles. The number of allylic oxidation sites excluding steroid dienone is 6. The highest BCUT2D eigenvalue weighted by Gasteiger charge is 2.56. The number of nitrogens with zero attached hydrogens (tertiary/aromatic N) is 1. The van der Waals surface area contributed by atoms with Gasteiger partial charge in [0.15, 0.2) is 11.6 Å². The average Bonchev–Trinajstić information content (AvgIpc) is 3.16. The van der Waals surface area contributed by atoms with Crippen molar-refractivity contribution in [2.45, 2.75) is 32.1 Å². The quantitative estimate of drug-likeness (QED) is 0.309. The van der Waals surface area contributed by atoms with Crippen LogP contribution in [-0.2, 0) is 25.6 Å². The van der Waals surface area contributed by atoms with E-state index in [0.717, 1.165) is 11.1 Å². The minimum atomic E-state index is -0.689. The monoisotopic (exact) mass is 587 g/mol. The van der Waals surface area contributed by atoms with E-state index in [1.54, 1.807) is 49.4 Å². The number of Topliss-reactive ketones (excluding diaryl/α,β-unsaturated/α-hetero) is 1. The van der Waals surface area contributed by atoms with Gasteiger partial charge in [0, 0.05) is 39.2 Å². The van der Waals surface area contributed by atoms with Crippen LogP contribution >= 0.6 is 15.9 Å². The standard InChI is InChI=1S/C31H26BrNO6/c1-15-12-25(36)23-14-21-19(26(28(23)29(15)37)22-13-17(32)4-9-24(22)35)7-8-20-27(21)31(39)33(30(20)38)11-10-16-2-5-18(34)6-3-16/h2-7,9,12-13,20-21,26-27,34-35H,8,10-11,14H2,1H3. The van der Waals surface area contributed by atoms with Crippen molar-refractivity contribution >= 4 is 39.3 Å². The van der Waals surface area contributed by atoms with E-state index >= 15 is 0 Å². The number of phenols is 2. The van der Waals surface area contributed by atoms with Crippen LogP contribution in [-0.4, -0.2) is 45.0 Å². The van der Waals surface area contributed by atoms with Crippen molar-refractivity contribution in [3.05, 3.63) is 92.5 Å². The van der Waals surface area contributed by atoms with Gasteiger partial charge in [-0.3, -0.25) is 24.1 Å². The van der Waals surface area contributed by atoms with Crippen LogP contribution < -0.4 is 0 Å². The lowest BCUT2D eigenvalue weighted by Crippen LogP contribution is -2.40. The first-order valence-electron chi connectivity index (χ1n) is 13.0.